The van der Waals surface area contributed by atoms with E-state index in [0.29, 0.717) is 37.0 Å². The molecule has 0 spiro atoms. The molecular weight excluding hydrogens is 244 g/mol. The predicted molar refractivity (Wildman–Crippen MR) is 72.4 cm³/mol. The van der Waals surface area contributed by atoms with E-state index in [9.17, 15) is 4.79 Å². The fourth-order valence-corrected chi connectivity index (χ4v) is 1.93. The first-order valence-corrected chi connectivity index (χ1v) is 6.67. The maximum atomic E-state index is 11.9. The molecular formula is C13H20N4O2. The van der Waals surface area contributed by atoms with Gasteiger partial charge >= 0.3 is 0 Å². The van der Waals surface area contributed by atoms with Crippen molar-refractivity contribution in [3.8, 4) is 0 Å². The van der Waals surface area contributed by atoms with Gasteiger partial charge in [0.15, 0.2) is 0 Å². The number of ether oxygens (including phenoxy) is 1. The number of nitrogens with zero attached hydrogens (tertiary/aromatic N) is 3. The first-order chi connectivity index (χ1) is 9.22. The van der Waals surface area contributed by atoms with Crippen LogP contribution in [0.4, 0.5) is 5.95 Å². The summed E-state index contributed by atoms with van der Waals surface area (Å²) in [4.78, 5) is 22.7. The average Bonchev–Trinajstić information content (AvgIpc) is 2.45. The summed E-state index contributed by atoms with van der Waals surface area (Å²) in [6.07, 6.45) is 2.52. The van der Waals surface area contributed by atoms with Crippen molar-refractivity contribution in [2.24, 2.45) is 0 Å². The highest BCUT2D eigenvalue weighted by Gasteiger charge is 2.16. The van der Waals surface area contributed by atoms with Crippen LogP contribution in [0, 0.1) is 6.92 Å². The minimum atomic E-state index is -0.104. The summed E-state index contributed by atoms with van der Waals surface area (Å²) in [5.74, 6) is 0.570. The van der Waals surface area contributed by atoms with E-state index < -0.39 is 0 Å². The molecule has 2 rings (SSSR count). The number of amides is 1. The molecule has 0 saturated carbocycles. The molecule has 0 unspecified atom stereocenters. The van der Waals surface area contributed by atoms with Crippen LogP contribution < -0.4 is 10.2 Å². The molecule has 0 atom stereocenters. The normalized spacial score (nSPS) is 15.4. The van der Waals surface area contributed by atoms with Crippen molar-refractivity contribution in [3.63, 3.8) is 0 Å². The highest BCUT2D eigenvalue weighted by molar-refractivity contribution is 5.94. The van der Waals surface area contributed by atoms with Gasteiger partial charge in [-0.1, -0.05) is 6.92 Å². The van der Waals surface area contributed by atoms with Gasteiger partial charge in [0.05, 0.1) is 24.5 Å². The first kappa shape index (κ1) is 13.7. The van der Waals surface area contributed by atoms with Crippen LogP contribution in [-0.2, 0) is 4.74 Å². The van der Waals surface area contributed by atoms with E-state index in [0.717, 1.165) is 19.5 Å². The van der Waals surface area contributed by atoms with Crippen LogP contribution in [0.15, 0.2) is 6.20 Å². The molecule has 0 radical (unpaired) electrons. The summed E-state index contributed by atoms with van der Waals surface area (Å²) in [5.41, 5.74) is 1.26. The number of nitrogens with one attached hydrogen (secondary N) is 1. The molecule has 1 aliphatic rings. The number of hydrogen-bond donors (Lipinski definition) is 1. The Hall–Kier alpha value is -1.69. The van der Waals surface area contributed by atoms with E-state index in [4.69, 9.17) is 4.74 Å². The van der Waals surface area contributed by atoms with Gasteiger partial charge in [-0.05, 0) is 13.3 Å². The Morgan fingerprint density at radius 2 is 2.21 bits per heavy atom. The standard InChI is InChI=1S/C13H20N4O2/c1-3-4-14-12(18)11-9-15-13(16-10(11)2)17-5-7-19-8-6-17/h9H,3-8H2,1-2H3,(H,14,18). The fourth-order valence-electron chi connectivity index (χ4n) is 1.93. The summed E-state index contributed by atoms with van der Waals surface area (Å²) in [7, 11) is 0. The van der Waals surface area contributed by atoms with E-state index in [2.05, 4.69) is 20.2 Å². The highest BCUT2D eigenvalue weighted by atomic mass is 16.5. The van der Waals surface area contributed by atoms with E-state index in [1.807, 2.05) is 13.8 Å². The van der Waals surface area contributed by atoms with E-state index in [1.165, 1.54) is 0 Å². The number of carbonyl (C=O) groups is 1. The molecule has 1 aliphatic heterocycles. The Morgan fingerprint density at radius 1 is 1.47 bits per heavy atom. The van der Waals surface area contributed by atoms with E-state index in [-0.39, 0.29) is 5.91 Å². The van der Waals surface area contributed by atoms with Crippen molar-refractivity contribution in [1.82, 2.24) is 15.3 Å². The van der Waals surface area contributed by atoms with Crippen LogP contribution in [0.2, 0.25) is 0 Å². The van der Waals surface area contributed by atoms with Crippen molar-refractivity contribution >= 4 is 11.9 Å². The second-order valence-electron chi connectivity index (χ2n) is 4.52. The second-order valence-corrected chi connectivity index (χ2v) is 4.52. The van der Waals surface area contributed by atoms with Crippen molar-refractivity contribution in [2.75, 3.05) is 37.7 Å². The summed E-state index contributed by atoms with van der Waals surface area (Å²) < 4.78 is 5.30. The zero-order chi connectivity index (χ0) is 13.7. The number of morpholine rings is 1. The third-order valence-electron chi connectivity index (χ3n) is 3.04. The summed E-state index contributed by atoms with van der Waals surface area (Å²) in [6.45, 7) is 7.51. The minimum absolute atomic E-state index is 0.104. The van der Waals surface area contributed by atoms with E-state index >= 15 is 0 Å². The van der Waals surface area contributed by atoms with Gasteiger partial charge in [0.1, 0.15) is 0 Å². The SMILES string of the molecule is CCCNC(=O)c1cnc(N2CCOCC2)nc1C. The maximum Gasteiger partial charge on any atom is 0.254 e. The Balaban J connectivity index is 2.09. The molecule has 2 heterocycles. The van der Waals surface area contributed by atoms with E-state index in [1.54, 1.807) is 6.20 Å². The number of aromatic nitrogens is 2. The van der Waals surface area contributed by atoms with Crippen molar-refractivity contribution in [1.29, 1.82) is 0 Å². The molecule has 1 amide bonds. The number of aryl methyl sites for hydroxylation is 1. The van der Waals surface area contributed by atoms with Crippen molar-refractivity contribution in [3.05, 3.63) is 17.5 Å². The average molecular weight is 264 g/mol. The van der Waals surface area contributed by atoms with Crippen molar-refractivity contribution in [2.45, 2.75) is 20.3 Å². The van der Waals surface area contributed by atoms with Crippen LogP contribution in [0.1, 0.15) is 29.4 Å². The smallest absolute Gasteiger partial charge is 0.254 e. The second kappa shape index (κ2) is 6.47. The number of carbonyl (C=O) groups excluding carboxylic acids is 1. The van der Waals surface area contributed by atoms with Gasteiger partial charge in [-0.3, -0.25) is 4.79 Å². The molecule has 1 aromatic heterocycles. The zero-order valence-electron chi connectivity index (χ0n) is 11.5. The molecule has 0 aromatic carbocycles. The van der Waals surface area contributed by atoms with Gasteiger partial charge in [0, 0.05) is 25.8 Å². The number of hydrogen-bond acceptors (Lipinski definition) is 5. The lowest BCUT2D eigenvalue weighted by Gasteiger charge is -2.27. The van der Waals surface area contributed by atoms with Gasteiger partial charge in [0.2, 0.25) is 5.95 Å². The Labute approximate surface area is 113 Å². The van der Waals surface area contributed by atoms with Gasteiger partial charge in [0.25, 0.3) is 5.91 Å². The molecule has 1 fully saturated rings. The zero-order valence-corrected chi connectivity index (χ0v) is 11.5. The molecule has 6 heteroatoms. The Kier molecular flexibility index (Phi) is 4.68. The predicted octanol–water partition coefficient (Wildman–Crippen LogP) is 0.761. The van der Waals surface area contributed by atoms with Crippen LogP contribution in [0.3, 0.4) is 0 Å². The first-order valence-electron chi connectivity index (χ1n) is 6.67. The third kappa shape index (κ3) is 3.41. The topological polar surface area (TPSA) is 67.4 Å². The summed E-state index contributed by atoms with van der Waals surface area (Å²) in [5, 5.41) is 2.84. The van der Waals surface area contributed by atoms with Gasteiger partial charge in [-0.2, -0.15) is 0 Å². The monoisotopic (exact) mass is 264 g/mol. The molecule has 0 bridgehead atoms. The molecule has 1 saturated heterocycles. The quantitative estimate of drug-likeness (QED) is 0.869. The maximum absolute atomic E-state index is 11.9. The Morgan fingerprint density at radius 3 is 2.84 bits per heavy atom. The van der Waals surface area contributed by atoms with Crippen LogP contribution in [-0.4, -0.2) is 48.7 Å². The lowest BCUT2D eigenvalue weighted by Crippen LogP contribution is -2.37. The largest absolute Gasteiger partial charge is 0.378 e. The van der Waals surface area contributed by atoms with Gasteiger partial charge < -0.3 is 15.0 Å². The summed E-state index contributed by atoms with van der Waals surface area (Å²) in [6, 6.07) is 0. The molecule has 1 aromatic rings. The number of rotatable bonds is 4. The molecule has 19 heavy (non-hydrogen) atoms. The fraction of sp³-hybridized carbons (Fsp3) is 0.615. The van der Waals surface area contributed by atoms with Crippen LogP contribution >= 0.6 is 0 Å². The number of anilines is 1. The molecule has 6 nitrogen and oxygen atoms in total. The Bertz CT molecular complexity index is 444. The summed E-state index contributed by atoms with van der Waals surface area (Å²) >= 11 is 0. The minimum Gasteiger partial charge on any atom is -0.378 e. The lowest BCUT2D eigenvalue weighted by molar-refractivity contribution is 0.0952. The van der Waals surface area contributed by atoms with Gasteiger partial charge in [-0.15, -0.1) is 0 Å². The molecule has 104 valence electrons. The van der Waals surface area contributed by atoms with Crippen molar-refractivity contribution < 1.29 is 9.53 Å². The van der Waals surface area contributed by atoms with Gasteiger partial charge in [-0.25, -0.2) is 9.97 Å². The third-order valence-corrected chi connectivity index (χ3v) is 3.04. The molecule has 1 N–H and O–H groups in total. The van der Waals surface area contributed by atoms with Crippen LogP contribution in [0.5, 0.6) is 0 Å². The molecule has 0 aliphatic carbocycles. The highest BCUT2D eigenvalue weighted by Crippen LogP contribution is 2.12. The van der Waals surface area contributed by atoms with Crippen LogP contribution in [0.25, 0.3) is 0 Å². The lowest BCUT2D eigenvalue weighted by atomic mass is 10.2.